The molecule has 0 aromatic heterocycles. The zero-order valence-corrected chi connectivity index (χ0v) is 16.3. The van der Waals surface area contributed by atoms with Crippen LogP contribution in [0.15, 0.2) is 29.3 Å². The molecule has 0 amide bonds. The molecule has 1 aliphatic rings. The molecule has 2 N–H and O–H groups in total. The van der Waals surface area contributed by atoms with Gasteiger partial charge in [-0.15, -0.1) is 0 Å². The summed E-state index contributed by atoms with van der Waals surface area (Å²) in [5, 5.41) is 6.72. The second-order valence-corrected chi connectivity index (χ2v) is 7.08. The van der Waals surface area contributed by atoms with E-state index in [1.165, 1.54) is 25.7 Å². The van der Waals surface area contributed by atoms with Crippen LogP contribution in [0.5, 0.6) is 5.75 Å². The standard InChI is InChI=1S/C20H31F2N3O2/c1-23-19(25-15-20(10-11-26-2)8-3-4-9-20)24-13-16-6-5-7-17(12-16)27-14-18(21)22/h5-7,12,18H,3-4,8-11,13-15H2,1-2H3,(H2,23,24,25). The van der Waals surface area contributed by atoms with Gasteiger partial charge in [-0.05, 0) is 42.4 Å². The first-order valence-corrected chi connectivity index (χ1v) is 9.50. The van der Waals surface area contributed by atoms with E-state index in [4.69, 9.17) is 9.47 Å². The van der Waals surface area contributed by atoms with Crippen LogP contribution in [0, 0.1) is 5.41 Å². The van der Waals surface area contributed by atoms with E-state index in [-0.39, 0.29) is 5.41 Å². The number of benzene rings is 1. The first-order chi connectivity index (χ1) is 13.1. The van der Waals surface area contributed by atoms with Gasteiger partial charge in [-0.1, -0.05) is 25.0 Å². The summed E-state index contributed by atoms with van der Waals surface area (Å²) in [6.45, 7) is 1.59. The summed E-state index contributed by atoms with van der Waals surface area (Å²) < 4.78 is 34.9. The Kier molecular flexibility index (Phi) is 8.78. The molecule has 0 heterocycles. The molecule has 0 aliphatic heterocycles. The SMILES string of the molecule is CN=C(NCc1cccc(OCC(F)F)c1)NCC1(CCOC)CCCC1. The molecule has 1 saturated carbocycles. The molecule has 0 unspecified atom stereocenters. The highest BCUT2D eigenvalue weighted by Crippen LogP contribution is 2.40. The highest BCUT2D eigenvalue weighted by Gasteiger charge is 2.33. The van der Waals surface area contributed by atoms with Crippen molar-refractivity contribution in [3.05, 3.63) is 29.8 Å². The number of hydrogen-bond donors (Lipinski definition) is 2. The molecular formula is C20H31F2N3O2. The quantitative estimate of drug-likeness (QED) is 0.479. The second kappa shape index (κ2) is 11.1. The molecular weight excluding hydrogens is 352 g/mol. The van der Waals surface area contributed by atoms with Gasteiger partial charge in [0.25, 0.3) is 6.43 Å². The number of nitrogens with one attached hydrogen (secondary N) is 2. The smallest absolute Gasteiger partial charge is 0.272 e. The van der Waals surface area contributed by atoms with Gasteiger partial charge in [-0.25, -0.2) is 8.78 Å². The number of aliphatic imine (C=N–C) groups is 1. The molecule has 2 rings (SSSR count). The highest BCUT2D eigenvalue weighted by molar-refractivity contribution is 5.79. The maximum Gasteiger partial charge on any atom is 0.272 e. The Balaban J connectivity index is 1.84. The van der Waals surface area contributed by atoms with Crippen LogP contribution in [0.3, 0.4) is 0 Å². The zero-order chi connectivity index (χ0) is 19.5. The molecule has 1 aromatic rings. The molecule has 1 aliphatic carbocycles. The predicted molar refractivity (Wildman–Crippen MR) is 104 cm³/mol. The maximum absolute atomic E-state index is 12.3. The van der Waals surface area contributed by atoms with Gasteiger partial charge in [-0.2, -0.15) is 0 Å². The fraction of sp³-hybridized carbons (Fsp3) is 0.650. The molecule has 0 bridgehead atoms. The number of ether oxygens (including phenoxy) is 2. The van der Waals surface area contributed by atoms with Crippen molar-refractivity contribution >= 4 is 5.96 Å². The number of nitrogens with zero attached hydrogens (tertiary/aromatic N) is 1. The van der Waals surface area contributed by atoms with Crippen molar-refractivity contribution in [2.24, 2.45) is 10.4 Å². The van der Waals surface area contributed by atoms with Gasteiger partial charge in [0, 0.05) is 33.9 Å². The number of halogens is 2. The summed E-state index contributed by atoms with van der Waals surface area (Å²) >= 11 is 0. The fourth-order valence-electron chi connectivity index (χ4n) is 3.54. The second-order valence-electron chi connectivity index (χ2n) is 7.08. The van der Waals surface area contributed by atoms with Crippen LogP contribution in [0.2, 0.25) is 0 Å². The molecule has 0 atom stereocenters. The van der Waals surface area contributed by atoms with Gasteiger partial charge in [0.1, 0.15) is 12.4 Å². The average molecular weight is 383 g/mol. The van der Waals surface area contributed by atoms with Crippen LogP contribution >= 0.6 is 0 Å². The Labute approximate surface area is 160 Å². The van der Waals surface area contributed by atoms with Crippen molar-refractivity contribution in [1.29, 1.82) is 0 Å². The Morgan fingerprint density at radius 3 is 2.70 bits per heavy atom. The zero-order valence-electron chi connectivity index (χ0n) is 16.3. The van der Waals surface area contributed by atoms with Gasteiger partial charge in [0.2, 0.25) is 0 Å². The Morgan fingerprint density at radius 1 is 1.26 bits per heavy atom. The minimum absolute atomic E-state index is 0.274. The number of guanidine groups is 1. The lowest BCUT2D eigenvalue weighted by atomic mass is 9.83. The van der Waals surface area contributed by atoms with Crippen molar-refractivity contribution in [2.75, 3.05) is 33.9 Å². The van der Waals surface area contributed by atoms with Crippen LogP contribution in [0.1, 0.15) is 37.7 Å². The van der Waals surface area contributed by atoms with Gasteiger partial charge in [0.05, 0.1) is 0 Å². The third-order valence-electron chi connectivity index (χ3n) is 5.09. The number of rotatable bonds is 10. The molecule has 7 heteroatoms. The van der Waals surface area contributed by atoms with Crippen LogP contribution in [-0.2, 0) is 11.3 Å². The van der Waals surface area contributed by atoms with Crippen LogP contribution in [0.25, 0.3) is 0 Å². The van der Waals surface area contributed by atoms with Crippen molar-refractivity contribution in [3.63, 3.8) is 0 Å². The van der Waals surface area contributed by atoms with Gasteiger partial charge < -0.3 is 20.1 Å². The molecule has 0 spiro atoms. The van der Waals surface area contributed by atoms with Crippen LogP contribution in [-0.4, -0.2) is 46.3 Å². The number of hydrogen-bond acceptors (Lipinski definition) is 3. The first kappa shape index (κ1) is 21.4. The topological polar surface area (TPSA) is 54.9 Å². The lowest BCUT2D eigenvalue weighted by Crippen LogP contribution is -2.43. The van der Waals surface area contributed by atoms with E-state index in [1.807, 2.05) is 6.07 Å². The lowest BCUT2D eigenvalue weighted by molar-refractivity contribution is 0.0818. The lowest BCUT2D eigenvalue weighted by Gasteiger charge is -2.30. The largest absolute Gasteiger partial charge is 0.488 e. The van der Waals surface area contributed by atoms with E-state index < -0.39 is 13.0 Å². The summed E-state index contributed by atoms with van der Waals surface area (Å²) in [5.41, 5.74) is 1.22. The minimum atomic E-state index is -2.48. The monoisotopic (exact) mass is 383 g/mol. The molecule has 0 saturated heterocycles. The van der Waals surface area contributed by atoms with E-state index in [0.717, 1.165) is 31.1 Å². The molecule has 1 fully saturated rings. The average Bonchev–Trinajstić information content (AvgIpc) is 3.14. The van der Waals surface area contributed by atoms with Crippen molar-refractivity contribution in [1.82, 2.24) is 10.6 Å². The third kappa shape index (κ3) is 7.33. The molecule has 1 aromatic carbocycles. The van der Waals surface area contributed by atoms with Crippen LogP contribution in [0.4, 0.5) is 8.78 Å². The summed E-state index contributed by atoms with van der Waals surface area (Å²) in [7, 11) is 3.49. The molecule has 5 nitrogen and oxygen atoms in total. The Hall–Kier alpha value is -1.89. The van der Waals surface area contributed by atoms with Crippen LogP contribution < -0.4 is 15.4 Å². The normalized spacial score (nSPS) is 16.6. The van der Waals surface area contributed by atoms with Crippen molar-refractivity contribution in [2.45, 2.75) is 45.1 Å². The van der Waals surface area contributed by atoms with E-state index in [1.54, 1.807) is 32.4 Å². The summed E-state index contributed by atoms with van der Waals surface area (Å²) in [5.74, 6) is 1.18. The molecule has 152 valence electrons. The van der Waals surface area contributed by atoms with E-state index in [0.29, 0.717) is 12.3 Å². The van der Waals surface area contributed by atoms with E-state index >= 15 is 0 Å². The summed E-state index contributed by atoms with van der Waals surface area (Å²) in [4.78, 5) is 4.29. The first-order valence-electron chi connectivity index (χ1n) is 9.50. The maximum atomic E-state index is 12.3. The van der Waals surface area contributed by atoms with Gasteiger partial charge in [0.15, 0.2) is 5.96 Å². The Morgan fingerprint density at radius 2 is 2.04 bits per heavy atom. The van der Waals surface area contributed by atoms with Gasteiger partial charge in [-0.3, -0.25) is 4.99 Å². The predicted octanol–water partition coefficient (Wildman–Crippen LogP) is 3.59. The minimum Gasteiger partial charge on any atom is -0.488 e. The van der Waals surface area contributed by atoms with E-state index in [2.05, 4.69) is 15.6 Å². The van der Waals surface area contributed by atoms with Gasteiger partial charge >= 0.3 is 0 Å². The third-order valence-corrected chi connectivity index (χ3v) is 5.09. The highest BCUT2D eigenvalue weighted by atomic mass is 19.3. The molecule has 27 heavy (non-hydrogen) atoms. The van der Waals surface area contributed by atoms with Crippen molar-refractivity contribution < 1.29 is 18.3 Å². The summed E-state index contributed by atoms with van der Waals surface area (Å²) in [6.07, 6.45) is 3.53. The fourth-order valence-corrected chi connectivity index (χ4v) is 3.54. The number of alkyl halides is 2. The van der Waals surface area contributed by atoms with Crippen molar-refractivity contribution in [3.8, 4) is 5.75 Å². The summed E-state index contributed by atoms with van der Waals surface area (Å²) in [6, 6.07) is 7.16. The molecule has 0 radical (unpaired) electrons. The van der Waals surface area contributed by atoms with E-state index in [9.17, 15) is 8.78 Å². The number of methoxy groups -OCH3 is 1. The Bertz CT molecular complexity index is 590.